The Bertz CT molecular complexity index is 1300. The van der Waals surface area contributed by atoms with Crippen LogP contribution < -0.4 is 34.5 Å². The molecule has 3 heterocycles. The number of carbonyl (C=O) groups is 1. The molecule has 0 saturated heterocycles. The van der Waals surface area contributed by atoms with Crippen LogP contribution in [0.25, 0.3) is 0 Å². The molecule has 4 rings (SSSR count). The Labute approximate surface area is 233 Å². The zero-order chi connectivity index (χ0) is 24.1. The third-order valence-electron chi connectivity index (χ3n) is 4.94. The number of benzene rings is 1. The van der Waals surface area contributed by atoms with Gasteiger partial charge in [0, 0.05) is 10.9 Å². The third-order valence-corrected chi connectivity index (χ3v) is 7.35. The standard InChI is InChI=1S/C20H20Cl2N4O5S2.Na/c1-10(2)26-18(27)7-15(24-26)12(20-23-11(3)8-31-20)4-19-25(9-33(28,29)30)16-5-13(21)14(22)6-17(16)32-19;/h4-6,8,10,12H,7,9H2,1-3H3,(H,28,29,30);/q;+1/p-1. The number of hydrogen-bond acceptors (Lipinski definition) is 9. The van der Waals surface area contributed by atoms with Gasteiger partial charge in [0.05, 0.1) is 44.5 Å². The number of halogens is 2. The number of aryl methyl sites for hydroxylation is 1. The van der Waals surface area contributed by atoms with Crippen LogP contribution >= 0.6 is 35.0 Å². The molecule has 2 aliphatic heterocycles. The average Bonchev–Trinajstić information content (AvgIpc) is 3.38. The molecule has 0 spiro atoms. The van der Waals surface area contributed by atoms with E-state index >= 15 is 0 Å². The first-order chi connectivity index (χ1) is 15.4. The first kappa shape index (κ1) is 27.5. The van der Waals surface area contributed by atoms with Crippen LogP contribution in [0.15, 0.2) is 43.9 Å². The quantitative estimate of drug-likeness (QED) is 0.389. The van der Waals surface area contributed by atoms with Crippen molar-refractivity contribution in [2.24, 2.45) is 5.10 Å². The molecule has 0 saturated carbocycles. The normalized spacial score (nSPS) is 17.9. The summed E-state index contributed by atoms with van der Waals surface area (Å²) in [6, 6.07) is 2.99. The molecule has 0 aliphatic carbocycles. The van der Waals surface area contributed by atoms with Gasteiger partial charge in [0.25, 0.3) is 0 Å². The van der Waals surface area contributed by atoms with E-state index < -0.39 is 21.9 Å². The Hall–Kier alpha value is -1.05. The summed E-state index contributed by atoms with van der Waals surface area (Å²) in [4.78, 5) is 18.9. The molecule has 1 unspecified atom stereocenters. The summed E-state index contributed by atoms with van der Waals surface area (Å²) in [6.07, 6.45) is 3.23. The van der Waals surface area contributed by atoms with Crippen molar-refractivity contribution in [3.05, 3.63) is 51.1 Å². The van der Waals surface area contributed by atoms with Gasteiger partial charge in [-0.05, 0) is 39.0 Å². The Morgan fingerprint density at radius 3 is 2.53 bits per heavy atom. The number of fused-ring (bicyclic) bond motifs is 1. The molecule has 0 N–H and O–H groups in total. The molecule has 14 heteroatoms. The Kier molecular flexibility index (Phi) is 8.52. The maximum Gasteiger partial charge on any atom is 1.00 e. The molecule has 0 bridgehead atoms. The largest absolute Gasteiger partial charge is 1.00 e. The van der Waals surface area contributed by atoms with E-state index in [9.17, 15) is 17.8 Å². The fraction of sp³-hybridized carbons (Fsp3) is 0.350. The molecule has 0 radical (unpaired) electrons. The second-order valence-electron chi connectivity index (χ2n) is 7.86. The summed E-state index contributed by atoms with van der Waals surface area (Å²) in [7, 11) is -4.64. The van der Waals surface area contributed by atoms with Crippen molar-refractivity contribution in [3.63, 3.8) is 0 Å². The van der Waals surface area contributed by atoms with Crippen LogP contribution in [-0.4, -0.2) is 46.5 Å². The molecule has 2 aliphatic rings. The Morgan fingerprint density at radius 1 is 1.29 bits per heavy atom. The van der Waals surface area contributed by atoms with E-state index in [1.165, 1.54) is 34.0 Å². The minimum Gasteiger partial charge on any atom is -0.747 e. The van der Waals surface area contributed by atoms with E-state index in [0.717, 1.165) is 0 Å². The minimum absolute atomic E-state index is 0. The van der Waals surface area contributed by atoms with Gasteiger partial charge in [-0.25, -0.2) is 18.4 Å². The van der Waals surface area contributed by atoms with Gasteiger partial charge < -0.3 is 13.9 Å². The number of hydrazone groups is 1. The SMILES string of the molecule is Cc1coc(C(C=C2Sc3cc(Cl)c(Cl)cc3N2CS(=O)(=O)[O-])C2=NN(C(C)C)C(=O)C2)n1.[Na+]. The summed E-state index contributed by atoms with van der Waals surface area (Å²) in [5.41, 5.74) is 1.58. The van der Waals surface area contributed by atoms with Crippen molar-refractivity contribution in [3.8, 4) is 0 Å². The summed E-state index contributed by atoms with van der Waals surface area (Å²) >= 11 is 13.5. The van der Waals surface area contributed by atoms with Crippen molar-refractivity contribution in [2.45, 2.75) is 44.0 Å². The number of rotatable bonds is 6. The van der Waals surface area contributed by atoms with Gasteiger partial charge >= 0.3 is 29.6 Å². The first-order valence-corrected chi connectivity index (χ1v) is 13.0. The molecule has 2 aromatic rings. The van der Waals surface area contributed by atoms with Gasteiger partial charge in [-0.15, -0.1) is 0 Å². The van der Waals surface area contributed by atoms with Crippen molar-refractivity contribution in [2.75, 3.05) is 10.8 Å². The number of allylic oxidation sites excluding steroid dienone is 1. The van der Waals surface area contributed by atoms with Gasteiger partial charge in [0.15, 0.2) is 0 Å². The molecule has 1 aromatic carbocycles. The van der Waals surface area contributed by atoms with E-state index in [-0.39, 0.29) is 52.9 Å². The third kappa shape index (κ3) is 5.84. The predicted octanol–water partition coefficient (Wildman–Crippen LogP) is 1.33. The molecule has 176 valence electrons. The van der Waals surface area contributed by atoms with E-state index in [0.29, 0.717) is 37.9 Å². The second-order valence-corrected chi connectivity index (χ2v) is 11.1. The molecule has 1 aromatic heterocycles. The molecular formula is C20H19Cl2N4NaO5S2. The number of oxazole rings is 1. The van der Waals surface area contributed by atoms with Crippen LogP contribution in [0.3, 0.4) is 0 Å². The molecule has 1 atom stereocenters. The molecule has 34 heavy (non-hydrogen) atoms. The van der Waals surface area contributed by atoms with Gasteiger partial charge in [0.1, 0.15) is 22.3 Å². The topological polar surface area (TPSA) is 119 Å². The number of nitrogens with zero attached hydrogens (tertiary/aromatic N) is 4. The zero-order valence-electron chi connectivity index (χ0n) is 18.8. The molecule has 1 amide bonds. The predicted molar refractivity (Wildman–Crippen MR) is 125 cm³/mol. The number of anilines is 1. The summed E-state index contributed by atoms with van der Waals surface area (Å²) in [6.45, 7) is 5.47. The summed E-state index contributed by atoms with van der Waals surface area (Å²) < 4.78 is 40.6. The van der Waals surface area contributed by atoms with Gasteiger partial charge in [-0.2, -0.15) is 5.10 Å². The number of thioether (sulfide) groups is 1. The number of aromatic nitrogens is 1. The van der Waals surface area contributed by atoms with Crippen LogP contribution in [-0.2, 0) is 14.9 Å². The maximum atomic E-state index is 12.5. The van der Waals surface area contributed by atoms with Crippen molar-refractivity contribution in [1.82, 2.24) is 9.99 Å². The molecule has 9 nitrogen and oxygen atoms in total. The van der Waals surface area contributed by atoms with E-state index in [1.54, 1.807) is 19.1 Å². The average molecular weight is 553 g/mol. The fourth-order valence-electron chi connectivity index (χ4n) is 3.52. The summed E-state index contributed by atoms with van der Waals surface area (Å²) in [5.74, 6) is -1.33. The van der Waals surface area contributed by atoms with Crippen LogP contribution in [0.2, 0.25) is 10.0 Å². The number of hydrogen-bond donors (Lipinski definition) is 0. The van der Waals surface area contributed by atoms with E-state index in [4.69, 9.17) is 27.6 Å². The number of carbonyl (C=O) groups excluding carboxylic acids is 1. The van der Waals surface area contributed by atoms with Crippen molar-refractivity contribution < 1.29 is 51.7 Å². The van der Waals surface area contributed by atoms with E-state index in [1.807, 2.05) is 13.8 Å². The first-order valence-electron chi connectivity index (χ1n) is 9.84. The monoisotopic (exact) mass is 552 g/mol. The van der Waals surface area contributed by atoms with E-state index in [2.05, 4.69) is 10.1 Å². The Morgan fingerprint density at radius 2 is 1.97 bits per heavy atom. The van der Waals surface area contributed by atoms with Crippen LogP contribution in [0.5, 0.6) is 0 Å². The molecule has 0 fully saturated rings. The van der Waals surface area contributed by atoms with Crippen LogP contribution in [0.1, 0.15) is 37.8 Å². The minimum atomic E-state index is -4.64. The van der Waals surface area contributed by atoms with Gasteiger partial charge in [0.2, 0.25) is 11.8 Å². The summed E-state index contributed by atoms with van der Waals surface area (Å²) in [5, 5.41) is 6.83. The second kappa shape index (κ2) is 10.5. The smallest absolute Gasteiger partial charge is 0.747 e. The van der Waals surface area contributed by atoms with Crippen LogP contribution in [0.4, 0.5) is 5.69 Å². The maximum absolute atomic E-state index is 12.5. The zero-order valence-corrected chi connectivity index (χ0v) is 23.9. The molecular weight excluding hydrogens is 534 g/mol. The Balaban J connectivity index is 0.00000324. The van der Waals surface area contributed by atoms with Crippen molar-refractivity contribution in [1.29, 1.82) is 0 Å². The number of amides is 1. The van der Waals surface area contributed by atoms with Crippen molar-refractivity contribution >= 4 is 62.4 Å². The van der Waals surface area contributed by atoms with Gasteiger partial charge in [-0.3, -0.25) is 4.79 Å². The fourth-order valence-corrected chi connectivity index (χ4v) is 5.74. The van der Waals surface area contributed by atoms with Crippen LogP contribution in [0, 0.1) is 6.92 Å². The van der Waals surface area contributed by atoms with Gasteiger partial charge in [-0.1, -0.05) is 35.0 Å².